The van der Waals surface area contributed by atoms with Crippen LogP contribution in [0.2, 0.25) is 0 Å². The van der Waals surface area contributed by atoms with Gasteiger partial charge in [-0.1, -0.05) is 30.3 Å². The maximum absolute atomic E-state index is 12.0. The molecule has 1 heterocycles. The summed E-state index contributed by atoms with van der Waals surface area (Å²) < 4.78 is 0. The van der Waals surface area contributed by atoms with Crippen LogP contribution in [0.15, 0.2) is 36.4 Å². The normalized spacial score (nSPS) is 10.3. The number of nitrogens with zero attached hydrogens (tertiary/aromatic N) is 1. The van der Waals surface area contributed by atoms with Gasteiger partial charge in [-0.05, 0) is 44.4 Å². The molecule has 3 nitrogen and oxygen atoms in total. The van der Waals surface area contributed by atoms with Gasteiger partial charge in [0.15, 0.2) is 0 Å². The molecule has 1 aromatic carbocycles. The quantitative estimate of drug-likeness (QED) is 0.921. The van der Waals surface area contributed by atoms with E-state index in [-0.39, 0.29) is 5.91 Å². The van der Waals surface area contributed by atoms with Gasteiger partial charge in [0, 0.05) is 12.1 Å². The first-order chi connectivity index (χ1) is 9.56. The molecule has 0 aliphatic carbocycles. The first-order valence-corrected chi connectivity index (χ1v) is 6.85. The Hall–Kier alpha value is -2.16. The number of hydrogen-bond donors (Lipinski definition) is 1. The van der Waals surface area contributed by atoms with Crippen molar-refractivity contribution >= 4 is 11.6 Å². The highest BCUT2D eigenvalue weighted by Gasteiger charge is 2.09. The summed E-state index contributed by atoms with van der Waals surface area (Å²) in [6.07, 6.45) is 1.24. The lowest BCUT2D eigenvalue weighted by Crippen LogP contribution is -2.15. The number of pyridine rings is 1. The van der Waals surface area contributed by atoms with E-state index < -0.39 is 0 Å². The fourth-order valence-electron chi connectivity index (χ4n) is 2.32. The first-order valence-electron chi connectivity index (χ1n) is 6.85. The third-order valence-corrected chi connectivity index (χ3v) is 3.27. The second kappa shape index (κ2) is 6.33. The van der Waals surface area contributed by atoms with Crippen LogP contribution in [0.1, 0.15) is 28.9 Å². The van der Waals surface area contributed by atoms with Crippen molar-refractivity contribution in [3.8, 4) is 0 Å². The molecule has 0 aliphatic rings. The fourth-order valence-corrected chi connectivity index (χ4v) is 2.32. The molecule has 0 bridgehead atoms. The predicted octanol–water partition coefficient (Wildman–Crippen LogP) is 3.58. The summed E-state index contributed by atoms with van der Waals surface area (Å²) in [4.78, 5) is 16.4. The topological polar surface area (TPSA) is 42.0 Å². The molecular formula is C17H20N2O. The average Bonchev–Trinajstić information content (AvgIpc) is 2.42. The number of carbonyl (C=O) groups is 1. The highest BCUT2D eigenvalue weighted by molar-refractivity contribution is 5.92. The highest BCUT2D eigenvalue weighted by Crippen LogP contribution is 2.19. The molecule has 0 atom stereocenters. The zero-order valence-electron chi connectivity index (χ0n) is 12.2. The molecule has 1 aromatic heterocycles. The summed E-state index contributed by atoms with van der Waals surface area (Å²) in [6, 6.07) is 12.0. The highest BCUT2D eigenvalue weighted by atomic mass is 16.1. The summed E-state index contributed by atoms with van der Waals surface area (Å²) in [5.41, 5.74) is 4.92. The molecule has 20 heavy (non-hydrogen) atoms. The Morgan fingerprint density at radius 3 is 2.50 bits per heavy atom. The van der Waals surface area contributed by atoms with Crippen LogP contribution in [-0.2, 0) is 11.2 Å². The van der Waals surface area contributed by atoms with E-state index in [0.29, 0.717) is 6.42 Å². The predicted molar refractivity (Wildman–Crippen MR) is 81.8 cm³/mol. The number of carbonyl (C=O) groups excluding carboxylic acids is 1. The van der Waals surface area contributed by atoms with Crippen molar-refractivity contribution < 1.29 is 4.79 Å². The molecule has 0 saturated carbocycles. The lowest BCUT2D eigenvalue weighted by atomic mass is 10.1. The molecule has 1 amide bonds. The van der Waals surface area contributed by atoms with Gasteiger partial charge in [0.1, 0.15) is 0 Å². The molecule has 104 valence electrons. The number of hydrogen-bond acceptors (Lipinski definition) is 2. The zero-order chi connectivity index (χ0) is 14.5. The molecule has 0 unspecified atom stereocenters. The van der Waals surface area contributed by atoms with Crippen molar-refractivity contribution in [1.82, 2.24) is 4.98 Å². The van der Waals surface area contributed by atoms with Crippen molar-refractivity contribution in [1.29, 1.82) is 0 Å². The molecule has 0 spiro atoms. The largest absolute Gasteiger partial charge is 0.324 e. The smallest absolute Gasteiger partial charge is 0.224 e. The Kier molecular flexibility index (Phi) is 4.51. The lowest BCUT2D eigenvalue weighted by Gasteiger charge is -2.12. The van der Waals surface area contributed by atoms with Crippen molar-refractivity contribution in [3.05, 3.63) is 58.9 Å². The number of nitrogens with one attached hydrogen (secondary N) is 1. The van der Waals surface area contributed by atoms with Gasteiger partial charge in [-0.2, -0.15) is 0 Å². The standard InChI is InChI=1S/C17H20N2O/c1-12-11-13(2)18-14(3)17(12)19-16(20)10-9-15-7-5-4-6-8-15/h4-8,11H,9-10H2,1-3H3,(H,19,20). The van der Waals surface area contributed by atoms with Crippen molar-refractivity contribution in [3.63, 3.8) is 0 Å². The van der Waals surface area contributed by atoms with Crippen LogP contribution in [0.25, 0.3) is 0 Å². The summed E-state index contributed by atoms with van der Waals surface area (Å²) in [6.45, 7) is 5.88. The molecule has 2 aromatic rings. The van der Waals surface area contributed by atoms with Gasteiger partial charge in [0.25, 0.3) is 0 Å². The van der Waals surface area contributed by atoms with Crippen LogP contribution in [0.3, 0.4) is 0 Å². The summed E-state index contributed by atoms with van der Waals surface area (Å²) in [5.74, 6) is 0.0331. The zero-order valence-corrected chi connectivity index (χ0v) is 12.2. The van der Waals surface area contributed by atoms with E-state index in [0.717, 1.165) is 29.1 Å². The van der Waals surface area contributed by atoms with E-state index in [1.165, 1.54) is 5.56 Å². The molecule has 2 rings (SSSR count). The Bertz CT molecular complexity index is 583. The Morgan fingerprint density at radius 2 is 1.85 bits per heavy atom. The third-order valence-electron chi connectivity index (χ3n) is 3.27. The summed E-state index contributed by atoms with van der Waals surface area (Å²) in [7, 11) is 0. The molecule has 0 fully saturated rings. The van der Waals surface area contributed by atoms with Gasteiger partial charge in [0.2, 0.25) is 5.91 Å². The molecule has 1 N–H and O–H groups in total. The number of rotatable bonds is 4. The Labute approximate surface area is 120 Å². The Morgan fingerprint density at radius 1 is 1.15 bits per heavy atom. The minimum absolute atomic E-state index is 0.0331. The van der Waals surface area contributed by atoms with Crippen molar-refractivity contribution in [2.45, 2.75) is 33.6 Å². The van der Waals surface area contributed by atoms with Gasteiger partial charge >= 0.3 is 0 Å². The monoisotopic (exact) mass is 268 g/mol. The number of aromatic nitrogens is 1. The van der Waals surface area contributed by atoms with E-state index in [2.05, 4.69) is 10.3 Å². The average molecular weight is 268 g/mol. The number of anilines is 1. The van der Waals surface area contributed by atoms with E-state index in [1.54, 1.807) is 0 Å². The maximum Gasteiger partial charge on any atom is 0.224 e. The second-order valence-corrected chi connectivity index (χ2v) is 5.07. The minimum atomic E-state index is 0.0331. The lowest BCUT2D eigenvalue weighted by molar-refractivity contribution is -0.116. The SMILES string of the molecule is Cc1cc(C)c(NC(=O)CCc2ccccc2)c(C)n1. The van der Waals surface area contributed by atoms with E-state index >= 15 is 0 Å². The maximum atomic E-state index is 12.0. The molecule has 0 aliphatic heterocycles. The van der Waals surface area contributed by atoms with Gasteiger partial charge < -0.3 is 5.32 Å². The van der Waals surface area contributed by atoms with Crippen LogP contribution in [0, 0.1) is 20.8 Å². The van der Waals surface area contributed by atoms with Gasteiger partial charge in [-0.25, -0.2) is 0 Å². The minimum Gasteiger partial charge on any atom is -0.324 e. The molecule has 3 heteroatoms. The number of amides is 1. The number of aryl methyl sites for hydroxylation is 4. The van der Waals surface area contributed by atoms with Crippen LogP contribution < -0.4 is 5.32 Å². The Balaban J connectivity index is 1.98. The molecular weight excluding hydrogens is 248 g/mol. The van der Waals surface area contributed by atoms with Crippen molar-refractivity contribution in [2.24, 2.45) is 0 Å². The van der Waals surface area contributed by atoms with Crippen LogP contribution in [0.5, 0.6) is 0 Å². The van der Waals surface area contributed by atoms with E-state index in [1.807, 2.05) is 57.2 Å². The molecule has 0 radical (unpaired) electrons. The summed E-state index contributed by atoms with van der Waals surface area (Å²) >= 11 is 0. The first kappa shape index (κ1) is 14.3. The van der Waals surface area contributed by atoms with Gasteiger partial charge in [-0.15, -0.1) is 0 Å². The van der Waals surface area contributed by atoms with Crippen LogP contribution in [0.4, 0.5) is 5.69 Å². The molecule has 0 saturated heterocycles. The number of benzene rings is 1. The summed E-state index contributed by atoms with van der Waals surface area (Å²) in [5, 5.41) is 2.97. The van der Waals surface area contributed by atoms with Crippen LogP contribution in [-0.4, -0.2) is 10.9 Å². The third kappa shape index (κ3) is 3.67. The van der Waals surface area contributed by atoms with Crippen LogP contribution >= 0.6 is 0 Å². The van der Waals surface area contributed by atoms with E-state index in [9.17, 15) is 4.79 Å². The van der Waals surface area contributed by atoms with E-state index in [4.69, 9.17) is 0 Å². The second-order valence-electron chi connectivity index (χ2n) is 5.07. The fraction of sp³-hybridized carbons (Fsp3) is 0.294. The van der Waals surface area contributed by atoms with Gasteiger partial charge in [-0.3, -0.25) is 9.78 Å². The van der Waals surface area contributed by atoms with Gasteiger partial charge in [0.05, 0.1) is 11.4 Å². The van der Waals surface area contributed by atoms with Crippen molar-refractivity contribution in [2.75, 3.05) is 5.32 Å².